The van der Waals surface area contributed by atoms with Gasteiger partial charge in [0, 0.05) is 0 Å². The van der Waals surface area contributed by atoms with Crippen molar-refractivity contribution in [2.75, 3.05) is 0 Å². The lowest BCUT2D eigenvalue weighted by atomic mass is 9.98. The van der Waals surface area contributed by atoms with E-state index in [9.17, 15) is 14.4 Å². The summed E-state index contributed by atoms with van der Waals surface area (Å²) >= 11 is 0. The number of benzene rings is 3. The van der Waals surface area contributed by atoms with Crippen molar-refractivity contribution >= 4 is 7.60 Å². The quantitative estimate of drug-likeness (QED) is 0.550. The predicted molar refractivity (Wildman–Crippen MR) is 104 cm³/mol. The third-order valence-corrected chi connectivity index (χ3v) is 5.45. The van der Waals surface area contributed by atoms with Gasteiger partial charge < -0.3 is 9.79 Å². The second-order valence-electron chi connectivity index (χ2n) is 6.22. The molecule has 0 saturated carbocycles. The van der Waals surface area contributed by atoms with Crippen LogP contribution >= 0.6 is 7.60 Å². The Balaban J connectivity index is 1.93. The average Bonchev–Trinajstić information content (AvgIpc) is 2.66. The van der Waals surface area contributed by atoms with Crippen molar-refractivity contribution in [2.45, 2.75) is 18.2 Å². The SMILES string of the molecule is O=P(O)(O)[C@H](Cc1ccccc1)NC(c1ccccc1)c1ccccc1. The van der Waals surface area contributed by atoms with E-state index in [4.69, 9.17) is 0 Å². The standard InChI is InChI=1S/C21H22NO3P/c23-26(24,25)20(16-17-10-4-1-5-11-17)22-21(18-12-6-2-7-13-18)19-14-8-3-9-15-19/h1-15,20-22H,16H2,(H2,23,24,25)/t20-/m1/s1. The zero-order valence-corrected chi connectivity index (χ0v) is 15.2. The van der Waals surface area contributed by atoms with Crippen LogP contribution in [-0.4, -0.2) is 15.6 Å². The molecule has 134 valence electrons. The lowest BCUT2D eigenvalue weighted by Gasteiger charge is -2.27. The maximum atomic E-state index is 12.2. The lowest BCUT2D eigenvalue weighted by molar-refractivity contribution is 0.340. The molecular weight excluding hydrogens is 345 g/mol. The van der Waals surface area contributed by atoms with Crippen LogP contribution in [0.4, 0.5) is 0 Å². The summed E-state index contributed by atoms with van der Waals surface area (Å²) in [5, 5.41) is 3.21. The van der Waals surface area contributed by atoms with Gasteiger partial charge in [-0.05, 0) is 23.1 Å². The van der Waals surface area contributed by atoms with Crippen molar-refractivity contribution in [3.05, 3.63) is 108 Å². The number of hydrogen-bond donors (Lipinski definition) is 3. The number of hydrogen-bond acceptors (Lipinski definition) is 2. The van der Waals surface area contributed by atoms with Crippen LogP contribution in [-0.2, 0) is 11.0 Å². The first-order valence-corrected chi connectivity index (χ1v) is 10.2. The molecule has 0 aliphatic heterocycles. The van der Waals surface area contributed by atoms with Crippen molar-refractivity contribution in [2.24, 2.45) is 0 Å². The smallest absolute Gasteiger partial charge is 0.323 e. The summed E-state index contributed by atoms with van der Waals surface area (Å²) in [4.78, 5) is 19.9. The van der Waals surface area contributed by atoms with Crippen LogP contribution in [0.25, 0.3) is 0 Å². The monoisotopic (exact) mass is 367 g/mol. The van der Waals surface area contributed by atoms with E-state index in [0.29, 0.717) is 0 Å². The zero-order valence-electron chi connectivity index (χ0n) is 14.3. The van der Waals surface area contributed by atoms with Gasteiger partial charge in [0.1, 0.15) is 5.78 Å². The summed E-state index contributed by atoms with van der Waals surface area (Å²) in [6, 6.07) is 28.5. The highest BCUT2D eigenvalue weighted by Gasteiger charge is 2.31. The summed E-state index contributed by atoms with van der Waals surface area (Å²) in [6.45, 7) is 0. The van der Waals surface area contributed by atoms with Crippen LogP contribution < -0.4 is 5.32 Å². The molecule has 0 bridgehead atoms. The first kappa shape index (κ1) is 18.6. The molecule has 26 heavy (non-hydrogen) atoms. The van der Waals surface area contributed by atoms with E-state index < -0.39 is 13.4 Å². The topological polar surface area (TPSA) is 69.6 Å². The van der Waals surface area contributed by atoms with Crippen molar-refractivity contribution in [1.82, 2.24) is 5.32 Å². The van der Waals surface area contributed by atoms with Gasteiger partial charge >= 0.3 is 7.60 Å². The third-order valence-electron chi connectivity index (χ3n) is 4.30. The van der Waals surface area contributed by atoms with Crippen molar-refractivity contribution in [3.8, 4) is 0 Å². The molecule has 0 spiro atoms. The van der Waals surface area contributed by atoms with E-state index in [1.807, 2.05) is 91.0 Å². The normalized spacial score (nSPS) is 12.9. The van der Waals surface area contributed by atoms with Crippen molar-refractivity contribution < 1.29 is 14.4 Å². The van der Waals surface area contributed by atoms with Gasteiger partial charge in [0.2, 0.25) is 0 Å². The molecule has 0 fully saturated rings. The summed E-state index contributed by atoms with van der Waals surface area (Å²) in [5.74, 6) is -0.977. The molecule has 4 nitrogen and oxygen atoms in total. The molecule has 0 aliphatic carbocycles. The van der Waals surface area contributed by atoms with E-state index in [0.717, 1.165) is 16.7 Å². The molecular formula is C21H22NO3P. The molecule has 3 aromatic carbocycles. The Kier molecular flexibility index (Phi) is 6.02. The molecule has 0 amide bonds. The molecule has 0 radical (unpaired) electrons. The molecule has 0 unspecified atom stereocenters. The summed E-state index contributed by atoms with van der Waals surface area (Å²) < 4.78 is 12.2. The van der Waals surface area contributed by atoms with Crippen LogP contribution in [0, 0.1) is 0 Å². The van der Waals surface area contributed by atoms with E-state index >= 15 is 0 Å². The minimum atomic E-state index is -4.35. The predicted octanol–water partition coefficient (Wildman–Crippen LogP) is 4.11. The Morgan fingerprint density at radius 1 is 0.731 bits per heavy atom. The Bertz CT molecular complexity index is 811. The largest absolute Gasteiger partial charge is 0.342 e. The molecule has 0 aromatic heterocycles. The fourth-order valence-electron chi connectivity index (χ4n) is 2.98. The molecule has 3 rings (SSSR count). The molecule has 5 heteroatoms. The van der Waals surface area contributed by atoms with Crippen molar-refractivity contribution in [1.29, 1.82) is 0 Å². The Labute approximate surface area is 153 Å². The second-order valence-corrected chi connectivity index (χ2v) is 8.02. The summed E-state index contributed by atoms with van der Waals surface area (Å²) in [7, 11) is -4.35. The average molecular weight is 367 g/mol. The molecule has 3 aromatic rings. The van der Waals surface area contributed by atoms with Crippen LogP contribution in [0.1, 0.15) is 22.7 Å². The number of nitrogens with one attached hydrogen (secondary N) is 1. The molecule has 1 atom stereocenters. The first-order chi connectivity index (χ1) is 12.5. The van der Waals surface area contributed by atoms with E-state index in [1.165, 1.54) is 0 Å². The van der Waals surface area contributed by atoms with Gasteiger partial charge in [-0.2, -0.15) is 0 Å². The van der Waals surface area contributed by atoms with Gasteiger partial charge in [-0.15, -0.1) is 0 Å². The van der Waals surface area contributed by atoms with Gasteiger partial charge in [0.05, 0.1) is 6.04 Å². The van der Waals surface area contributed by atoms with E-state index in [1.54, 1.807) is 0 Å². The Morgan fingerprint density at radius 3 is 1.58 bits per heavy atom. The van der Waals surface area contributed by atoms with Crippen LogP contribution in [0.2, 0.25) is 0 Å². The highest BCUT2D eigenvalue weighted by Crippen LogP contribution is 2.43. The Hall–Kier alpha value is -2.23. The number of rotatable bonds is 7. The zero-order chi connectivity index (χ0) is 18.4. The van der Waals surface area contributed by atoms with Gasteiger partial charge in [0.15, 0.2) is 0 Å². The molecule has 0 heterocycles. The second kappa shape index (κ2) is 8.43. The lowest BCUT2D eigenvalue weighted by Crippen LogP contribution is -2.35. The summed E-state index contributed by atoms with van der Waals surface area (Å²) in [6.07, 6.45) is 0.251. The minimum Gasteiger partial charge on any atom is -0.323 e. The fourth-order valence-corrected chi connectivity index (χ4v) is 3.77. The maximum Gasteiger partial charge on any atom is 0.342 e. The first-order valence-electron chi connectivity index (χ1n) is 8.49. The molecule has 0 aliphatic rings. The highest BCUT2D eigenvalue weighted by molar-refractivity contribution is 7.52. The third kappa shape index (κ3) is 4.90. The van der Waals surface area contributed by atoms with Gasteiger partial charge in [-0.1, -0.05) is 91.0 Å². The van der Waals surface area contributed by atoms with Crippen LogP contribution in [0.3, 0.4) is 0 Å². The Morgan fingerprint density at radius 2 is 1.15 bits per heavy atom. The maximum absolute atomic E-state index is 12.2. The molecule has 0 saturated heterocycles. The fraction of sp³-hybridized carbons (Fsp3) is 0.143. The summed E-state index contributed by atoms with van der Waals surface area (Å²) in [5.41, 5.74) is 2.81. The van der Waals surface area contributed by atoms with E-state index in [2.05, 4.69) is 5.32 Å². The van der Waals surface area contributed by atoms with Gasteiger partial charge in [0.25, 0.3) is 0 Å². The van der Waals surface area contributed by atoms with Crippen molar-refractivity contribution in [3.63, 3.8) is 0 Å². The van der Waals surface area contributed by atoms with Gasteiger partial charge in [-0.3, -0.25) is 9.88 Å². The molecule has 3 N–H and O–H groups in total. The van der Waals surface area contributed by atoms with Gasteiger partial charge in [-0.25, -0.2) is 0 Å². The van der Waals surface area contributed by atoms with Crippen LogP contribution in [0.15, 0.2) is 91.0 Å². The minimum absolute atomic E-state index is 0.251. The van der Waals surface area contributed by atoms with E-state index in [-0.39, 0.29) is 12.5 Å². The highest BCUT2D eigenvalue weighted by atomic mass is 31.2. The van der Waals surface area contributed by atoms with Crippen LogP contribution in [0.5, 0.6) is 0 Å².